The lowest BCUT2D eigenvalue weighted by Gasteiger charge is -2.23. The number of anilines is 1. The van der Waals surface area contributed by atoms with Gasteiger partial charge >= 0.3 is 0 Å². The average Bonchev–Trinajstić information content (AvgIpc) is 2.55. The second-order valence-electron chi connectivity index (χ2n) is 5.58. The molecule has 120 valence electrons. The van der Waals surface area contributed by atoms with Gasteiger partial charge < -0.3 is 15.2 Å². The molecule has 0 fully saturated rings. The van der Waals surface area contributed by atoms with Gasteiger partial charge in [0.1, 0.15) is 5.75 Å². The number of carbonyl (C=O) groups excluding carboxylic acids is 1. The Balaban J connectivity index is 1.63. The Labute approximate surface area is 140 Å². The van der Waals surface area contributed by atoms with Crippen molar-refractivity contribution < 1.29 is 14.6 Å². The second-order valence-corrected chi connectivity index (χ2v) is 6.01. The highest BCUT2D eigenvalue weighted by atomic mass is 35.5. The third-order valence-electron chi connectivity index (χ3n) is 3.92. The van der Waals surface area contributed by atoms with Crippen LogP contribution < -0.4 is 10.1 Å². The van der Waals surface area contributed by atoms with E-state index < -0.39 is 6.10 Å². The van der Waals surface area contributed by atoms with Gasteiger partial charge in [-0.2, -0.15) is 0 Å². The molecule has 0 bridgehead atoms. The summed E-state index contributed by atoms with van der Waals surface area (Å²) in [5, 5.41) is 13.4. The van der Waals surface area contributed by atoms with Crippen LogP contribution in [0.5, 0.6) is 5.75 Å². The van der Waals surface area contributed by atoms with Crippen LogP contribution in [0, 0.1) is 0 Å². The van der Waals surface area contributed by atoms with E-state index >= 15 is 0 Å². The maximum absolute atomic E-state index is 12.0. The van der Waals surface area contributed by atoms with Crippen molar-refractivity contribution in [1.82, 2.24) is 0 Å². The van der Waals surface area contributed by atoms with Gasteiger partial charge in [0.25, 0.3) is 5.91 Å². The summed E-state index contributed by atoms with van der Waals surface area (Å²) in [6.07, 6.45) is 2.12. The van der Waals surface area contributed by atoms with E-state index in [1.54, 1.807) is 24.3 Å². The third-order valence-corrected chi connectivity index (χ3v) is 4.17. The zero-order valence-corrected chi connectivity index (χ0v) is 13.3. The Bertz CT molecular complexity index is 700. The van der Waals surface area contributed by atoms with Crippen molar-refractivity contribution in [3.05, 3.63) is 58.6 Å². The Morgan fingerprint density at radius 1 is 1.26 bits per heavy atom. The first-order valence-corrected chi connectivity index (χ1v) is 7.99. The molecular formula is C18H18ClNO3. The van der Waals surface area contributed by atoms with E-state index in [0.717, 1.165) is 30.4 Å². The van der Waals surface area contributed by atoms with Crippen molar-refractivity contribution in [2.45, 2.75) is 25.4 Å². The van der Waals surface area contributed by atoms with E-state index in [9.17, 15) is 9.90 Å². The molecule has 4 nitrogen and oxygen atoms in total. The molecule has 0 unspecified atom stereocenters. The predicted octanol–water partition coefficient (Wildman–Crippen LogP) is 3.73. The van der Waals surface area contributed by atoms with E-state index in [1.807, 2.05) is 18.2 Å². The van der Waals surface area contributed by atoms with Crippen molar-refractivity contribution >= 4 is 23.2 Å². The molecule has 0 saturated heterocycles. The summed E-state index contributed by atoms with van der Waals surface area (Å²) < 4.78 is 5.66. The van der Waals surface area contributed by atoms with Gasteiger partial charge in [-0.15, -0.1) is 0 Å². The summed E-state index contributed by atoms with van der Waals surface area (Å²) in [6.45, 7) is -0.0742. The Kier molecular flexibility index (Phi) is 4.84. The number of halogens is 1. The predicted molar refractivity (Wildman–Crippen MR) is 89.9 cm³/mol. The highest BCUT2D eigenvalue weighted by Crippen LogP contribution is 2.35. The van der Waals surface area contributed by atoms with Crippen molar-refractivity contribution in [3.63, 3.8) is 0 Å². The molecule has 1 atom stereocenters. The third kappa shape index (κ3) is 3.84. The largest absolute Gasteiger partial charge is 0.483 e. The van der Waals surface area contributed by atoms with Crippen molar-refractivity contribution in [2.24, 2.45) is 0 Å². The van der Waals surface area contributed by atoms with Crippen LogP contribution in [-0.2, 0) is 11.2 Å². The van der Waals surface area contributed by atoms with E-state index in [0.29, 0.717) is 16.5 Å². The normalized spacial score (nSPS) is 16.5. The maximum atomic E-state index is 12.0. The first-order valence-electron chi connectivity index (χ1n) is 7.61. The van der Waals surface area contributed by atoms with Crippen LogP contribution in [-0.4, -0.2) is 17.6 Å². The molecule has 2 aromatic rings. The van der Waals surface area contributed by atoms with E-state index in [4.69, 9.17) is 16.3 Å². The highest BCUT2D eigenvalue weighted by molar-refractivity contribution is 6.30. The van der Waals surface area contributed by atoms with Gasteiger partial charge in [-0.05, 0) is 60.7 Å². The molecule has 1 aliphatic rings. The Hall–Kier alpha value is -2.04. The first kappa shape index (κ1) is 15.8. The summed E-state index contributed by atoms with van der Waals surface area (Å²) in [5.41, 5.74) is 2.59. The van der Waals surface area contributed by atoms with E-state index in [1.165, 1.54) is 0 Å². The minimum Gasteiger partial charge on any atom is -0.483 e. The van der Waals surface area contributed by atoms with Crippen LogP contribution in [0.2, 0.25) is 5.02 Å². The van der Waals surface area contributed by atoms with E-state index in [-0.39, 0.29) is 12.5 Å². The SMILES string of the molecule is O=C(COc1cccc2c1CCC[C@@H]2O)Nc1ccc(Cl)cc1. The van der Waals surface area contributed by atoms with Gasteiger partial charge in [-0.25, -0.2) is 0 Å². The van der Waals surface area contributed by atoms with Gasteiger partial charge in [-0.1, -0.05) is 23.7 Å². The first-order chi connectivity index (χ1) is 11.1. The molecule has 0 saturated carbocycles. The minimum absolute atomic E-state index is 0.0742. The fraction of sp³-hybridized carbons (Fsp3) is 0.278. The summed E-state index contributed by atoms with van der Waals surface area (Å²) >= 11 is 5.81. The number of ether oxygens (including phenoxy) is 1. The molecule has 0 radical (unpaired) electrons. The Morgan fingerprint density at radius 2 is 2.04 bits per heavy atom. The van der Waals surface area contributed by atoms with Crippen molar-refractivity contribution in [3.8, 4) is 5.75 Å². The molecule has 23 heavy (non-hydrogen) atoms. The lowest BCUT2D eigenvalue weighted by molar-refractivity contribution is -0.118. The van der Waals surface area contributed by atoms with Crippen LogP contribution >= 0.6 is 11.6 Å². The summed E-state index contributed by atoms with van der Waals surface area (Å²) in [5.74, 6) is 0.439. The van der Waals surface area contributed by atoms with Crippen molar-refractivity contribution in [1.29, 1.82) is 0 Å². The number of aliphatic hydroxyl groups is 1. The maximum Gasteiger partial charge on any atom is 0.262 e. The fourth-order valence-corrected chi connectivity index (χ4v) is 2.92. The molecule has 1 aliphatic carbocycles. The van der Waals surface area contributed by atoms with Crippen LogP contribution in [0.1, 0.15) is 30.1 Å². The molecule has 5 heteroatoms. The second kappa shape index (κ2) is 7.02. The molecule has 3 rings (SSSR count). The molecule has 0 aliphatic heterocycles. The zero-order valence-electron chi connectivity index (χ0n) is 12.6. The van der Waals surface area contributed by atoms with Crippen LogP contribution in [0.3, 0.4) is 0 Å². The standard InChI is InChI=1S/C18H18ClNO3/c19-12-7-9-13(10-8-12)20-18(22)11-23-17-6-2-3-14-15(17)4-1-5-16(14)21/h2-3,6-10,16,21H,1,4-5,11H2,(H,20,22)/t16-/m0/s1. The lowest BCUT2D eigenvalue weighted by Crippen LogP contribution is -2.21. The van der Waals surface area contributed by atoms with Gasteiger partial charge in [0.2, 0.25) is 0 Å². The van der Waals surface area contributed by atoms with Gasteiger partial charge in [0, 0.05) is 10.7 Å². The van der Waals surface area contributed by atoms with Gasteiger partial charge in [0.15, 0.2) is 6.61 Å². The topological polar surface area (TPSA) is 58.6 Å². The molecule has 0 aromatic heterocycles. The number of hydrogen-bond donors (Lipinski definition) is 2. The number of nitrogens with one attached hydrogen (secondary N) is 1. The minimum atomic E-state index is -0.440. The fourth-order valence-electron chi connectivity index (χ4n) is 2.80. The number of aliphatic hydroxyl groups excluding tert-OH is 1. The summed E-state index contributed by atoms with van der Waals surface area (Å²) in [7, 11) is 0. The molecule has 2 N–H and O–H groups in total. The smallest absolute Gasteiger partial charge is 0.262 e. The molecule has 0 heterocycles. The summed E-state index contributed by atoms with van der Waals surface area (Å²) in [6, 6.07) is 12.5. The van der Waals surface area contributed by atoms with Crippen molar-refractivity contribution in [2.75, 3.05) is 11.9 Å². The number of amides is 1. The summed E-state index contributed by atoms with van der Waals surface area (Å²) in [4.78, 5) is 12.0. The Morgan fingerprint density at radius 3 is 2.83 bits per heavy atom. The van der Waals surface area contributed by atoms with E-state index in [2.05, 4.69) is 5.32 Å². The number of rotatable bonds is 4. The molecule has 0 spiro atoms. The lowest BCUT2D eigenvalue weighted by atomic mass is 9.89. The average molecular weight is 332 g/mol. The van der Waals surface area contributed by atoms with Gasteiger partial charge in [-0.3, -0.25) is 4.79 Å². The zero-order chi connectivity index (χ0) is 16.2. The number of carbonyl (C=O) groups is 1. The number of hydrogen-bond acceptors (Lipinski definition) is 3. The van der Waals surface area contributed by atoms with Crippen LogP contribution in [0.25, 0.3) is 0 Å². The molecule has 1 amide bonds. The number of benzene rings is 2. The van der Waals surface area contributed by atoms with Crippen LogP contribution in [0.4, 0.5) is 5.69 Å². The molecular weight excluding hydrogens is 314 g/mol. The quantitative estimate of drug-likeness (QED) is 0.897. The molecule has 2 aromatic carbocycles. The highest BCUT2D eigenvalue weighted by Gasteiger charge is 2.21. The van der Waals surface area contributed by atoms with Gasteiger partial charge in [0.05, 0.1) is 6.10 Å². The van der Waals surface area contributed by atoms with Crippen LogP contribution in [0.15, 0.2) is 42.5 Å². The number of fused-ring (bicyclic) bond motifs is 1. The monoisotopic (exact) mass is 331 g/mol.